The summed E-state index contributed by atoms with van der Waals surface area (Å²) in [5, 5.41) is 5.18. The number of benzene rings is 1. The molecule has 0 bridgehead atoms. The topological polar surface area (TPSA) is 75.9 Å². The molecular formula is C22H26N4O3S. The van der Waals surface area contributed by atoms with Gasteiger partial charge in [-0.1, -0.05) is 30.3 Å². The third-order valence-electron chi connectivity index (χ3n) is 5.35. The molecule has 0 spiro atoms. The van der Waals surface area contributed by atoms with Crippen LogP contribution in [-0.2, 0) is 16.0 Å². The number of nitrogens with one attached hydrogen (secondary N) is 1. The Hall–Kier alpha value is -2.87. The maximum absolute atomic E-state index is 12.4. The maximum Gasteiger partial charge on any atom is 0.409 e. The van der Waals surface area contributed by atoms with Crippen molar-refractivity contribution in [2.75, 3.05) is 19.7 Å². The van der Waals surface area contributed by atoms with Crippen molar-refractivity contribution in [3.05, 3.63) is 47.6 Å². The summed E-state index contributed by atoms with van der Waals surface area (Å²) in [6.07, 6.45) is 4.39. The van der Waals surface area contributed by atoms with Crippen molar-refractivity contribution in [1.82, 2.24) is 19.6 Å². The van der Waals surface area contributed by atoms with Crippen LogP contribution in [0.3, 0.4) is 0 Å². The normalized spacial score (nSPS) is 14.8. The van der Waals surface area contributed by atoms with Gasteiger partial charge >= 0.3 is 6.09 Å². The van der Waals surface area contributed by atoms with Crippen molar-refractivity contribution in [2.45, 2.75) is 38.6 Å². The molecule has 7 nitrogen and oxygen atoms in total. The SMILES string of the molecule is CCOC(=O)N1CCC(NC(=O)CCc2csc3nc(-c4ccccc4)cn23)CC1. The number of imidazole rings is 1. The number of aryl methyl sites for hydroxylation is 1. The Bertz CT molecular complexity index is 1010. The molecule has 1 aliphatic rings. The molecule has 2 amide bonds. The van der Waals surface area contributed by atoms with Gasteiger partial charge in [0.25, 0.3) is 0 Å². The van der Waals surface area contributed by atoms with Crippen LogP contribution < -0.4 is 5.32 Å². The van der Waals surface area contributed by atoms with E-state index in [4.69, 9.17) is 9.72 Å². The van der Waals surface area contributed by atoms with Crippen molar-refractivity contribution in [2.24, 2.45) is 0 Å². The second kappa shape index (κ2) is 9.30. The highest BCUT2D eigenvalue weighted by molar-refractivity contribution is 7.15. The minimum atomic E-state index is -0.265. The smallest absolute Gasteiger partial charge is 0.409 e. The van der Waals surface area contributed by atoms with Crippen molar-refractivity contribution in [3.8, 4) is 11.3 Å². The van der Waals surface area contributed by atoms with Gasteiger partial charge in [0, 0.05) is 48.4 Å². The number of hydrogen-bond acceptors (Lipinski definition) is 5. The van der Waals surface area contributed by atoms with E-state index in [1.165, 1.54) is 0 Å². The Labute approximate surface area is 179 Å². The highest BCUT2D eigenvalue weighted by Gasteiger charge is 2.24. The zero-order chi connectivity index (χ0) is 20.9. The fraction of sp³-hybridized carbons (Fsp3) is 0.409. The lowest BCUT2D eigenvalue weighted by molar-refractivity contribution is -0.122. The summed E-state index contributed by atoms with van der Waals surface area (Å²) in [7, 11) is 0. The van der Waals surface area contributed by atoms with E-state index in [9.17, 15) is 9.59 Å². The summed E-state index contributed by atoms with van der Waals surface area (Å²) < 4.78 is 7.12. The third-order valence-corrected chi connectivity index (χ3v) is 6.24. The van der Waals surface area contributed by atoms with Crippen molar-refractivity contribution >= 4 is 28.3 Å². The average Bonchev–Trinajstić information content (AvgIpc) is 3.35. The molecule has 1 N–H and O–H groups in total. The maximum atomic E-state index is 12.4. The van der Waals surface area contributed by atoms with Crippen molar-refractivity contribution in [3.63, 3.8) is 0 Å². The zero-order valence-electron chi connectivity index (χ0n) is 17.0. The Balaban J connectivity index is 1.29. The van der Waals surface area contributed by atoms with Crippen LogP contribution in [-0.4, -0.2) is 52.0 Å². The third kappa shape index (κ3) is 4.64. The number of carbonyl (C=O) groups is 2. The number of ether oxygens (including phenoxy) is 1. The minimum Gasteiger partial charge on any atom is -0.450 e. The summed E-state index contributed by atoms with van der Waals surface area (Å²) in [5.74, 6) is 0.0485. The molecule has 1 saturated heterocycles. The Morgan fingerprint density at radius 2 is 2.00 bits per heavy atom. The Morgan fingerprint density at radius 3 is 2.73 bits per heavy atom. The molecule has 8 heteroatoms. The first-order valence-corrected chi connectivity index (χ1v) is 11.2. The lowest BCUT2D eigenvalue weighted by Crippen LogP contribution is -2.46. The van der Waals surface area contributed by atoms with Gasteiger partial charge in [0.2, 0.25) is 5.91 Å². The van der Waals surface area contributed by atoms with Crippen LogP contribution in [0.25, 0.3) is 16.2 Å². The number of amides is 2. The van der Waals surface area contributed by atoms with Crippen LogP contribution in [0.2, 0.25) is 0 Å². The lowest BCUT2D eigenvalue weighted by atomic mass is 10.1. The Morgan fingerprint density at radius 1 is 1.23 bits per heavy atom. The van der Waals surface area contributed by atoms with E-state index in [0.717, 1.165) is 34.8 Å². The van der Waals surface area contributed by atoms with Crippen LogP contribution in [0.15, 0.2) is 41.9 Å². The van der Waals surface area contributed by atoms with Gasteiger partial charge in [0.05, 0.1) is 12.3 Å². The molecule has 3 heterocycles. The number of rotatable bonds is 6. The van der Waals surface area contributed by atoms with Gasteiger partial charge in [-0.05, 0) is 26.2 Å². The quantitative estimate of drug-likeness (QED) is 0.652. The standard InChI is InChI=1S/C22H26N4O3S/c1-2-29-22(28)25-12-10-17(11-13-25)23-20(27)9-8-18-15-30-21-24-19(14-26(18)21)16-6-4-3-5-7-16/h3-7,14-15,17H,2,8-13H2,1H3,(H,23,27). The van der Waals surface area contributed by atoms with Crippen LogP contribution in [0.1, 0.15) is 31.9 Å². The molecule has 2 aromatic heterocycles. The second-order valence-corrected chi connectivity index (χ2v) is 8.24. The molecular weight excluding hydrogens is 400 g/mol. The molecule has 4 rings (SSSR count). The predicted octanol–water partition coefficient (Wildman–Crippen LogP) is 3.73. The largest absolute Gasteiger partial charge is 0.450 e. The second-order valence-electron chi connectivity index (χ2n) is 7.40. The number of carbonyl (C=O) groups excluding carboxylic acids is 2. The van der Waals surface area contributed by atoms with Gasteiger partial charge in [-0.3, -0.25) is 9.20 Å². The number of aromatic nitrogens is 2. The van der Waals surface area contributed by atoms with Crippen molar-refractivity contribution < 1.29 is 14.3 Å². The number of likely N-dealkylation sites (tertiary alicyclic amines) is 1. The highest BCUT2D eigenvalue weighted by Crippen LogP contribution is 2.24. The molecule has 3 aromatic rings. The molecule has 158 valence electrons. The molecule has 1 fully saturated rings. The first-order chi connectivity index (χ1) is 14.6. The van der Waals surface area contributed by atoms with Crippen LogP contribution in [0.4, 0.5) is 4.79 Å². The van der Waals surface area contributed by atoms with E-state index in [2.05, 4.69) is 15.1 Å². The summed E-state index contributed by atoms with van der Waals surface area (Å²) in [4.78, 5) is 31.6. The first-order valence-electron chi connectivity index (χ1n) is 10.4. The average molecular weight is 427 g/mol. The summed E-state index contributed by atoms with van der Waals surface area (Å²) in [6, 6.07) is 10.2. The number of hydrogen-bond donors (Lipinski definition) is 1. The van der Waals surface area contributed by atoms with Gasteiger partial charge < -0.3 is 15.0 Å². The van der Waals surface area contributed by atoms with E-state index in [0.29, 0.717) is 32.5 Å². The summed E-state index contributed by atoms with van der Waals surface area (Å²) in [6.45, 7) is 3.42. The van der Waals surface area contributed by atoms with Crippen LogP contribution in [0, 0.1) is 0 Å². The summed E-state index contributed by atoms with van der Waals surface area (Å²) >= 11 is 1.59. The van der Waals surface area contributed by atoms with Gasteiger partial charge in [0.15, 0.2) is 4.96 Å². The number of thiazole rings is 1. The van der Waals surface area contributed by atoms with Gasteiger partial charge in [-0.2, -0.15) is 0 Å². The molecule has 1 aromatic carbocycles. The molecule has 30 heavy (non-hydrogen) atoms. The van der Waals surface area contributed by atoms with E-state index in [1.807, 2.05) is 36.5 Å². The van der Waals surface area contributed by atoms with E-state index >= 15 is 0 Å². The highest BCUT2D eigenvalue weighted by atomic mass is 32.1. The van der Waals surface area contributed by atoms with E-state index < -0.39 is 0 Å². The minimum absolute atomic E-state index is 0.0485. The van der Waals surface area contributed by atoms with Crippen LogP contribution >= 0.6 is 11.3 Å². The van der Waals surface area contributed by atoms with E-state index in [-0.39, 0.29) is 18.0 Å². The van der Waals surface area contributed by atoms with Gasteiger partial charge in [0.1, 0.15) is 0 Å². The molecule has 0 aliphatic carbocycles. The predicted molar refractivity (Wildman–Crippen MR) is 117 cm³/mol. The number of fused-ring (bicyclic) bond motifs is 1. The molecule has 0 unspecified atom stereocenters. The van der Waals surface area contributed by atoms with Crippen LogP contribution in [0.5, 0.6) is 0 Å². The fourth-order valence-electron chi connectivity index (χ4n) is 3.72. The van der Waals surface area contributed by atoms with E-state index in [1.54, 1.807) is 23.2 Å². The first kappa shape index (κ1) is 20.4. The van der Waals surface area contributed by atoms with Gasteiger partial charge in [-0.25, -0.2) is 9.78 Å². The number of nitrogens with zero attached hydrogens (tertiary/aromatic N) is 3. The van der Waals surface area contributed by atoms with Crippen molar-refractivity contribution in [1.29, 1.82) is 0 Å². The molecule has 0 radical (unpaired) electrons. The summed E-state index contributed by atoms with van der Waals surface area (Å²) in [5.41, 5.74) is 3.13. The molecule has 0 atom stereocenters. The van der Waals surface area contributed by atoms with Gasteiger partial charge in [-0.15, -0.1) is 11.3 Å². The molecule has 0 saturated carbocycles. The fourth-order valence-corrected chi connectivity index (χ4v) is 4.63. The lowest BCUT2D eigenvalue weighted by Gasteiger charge is -2.31. The molecule has 1 aliphatic heterocycles. The zero-order valence-corrected chi connectivity index (χ0v) is 17.9. The monoisotopic (exact) mass is 426 g/mol. The Kier molecular flexibility index (Phi) is 6.32. The number of piperidine rings is 1.